The van der Waals surface area contributed by atoms with Crippen LogP contribution in [0.2, 0.25) is 0 Å². The van der Waals surface area contributed by atoms with Crippen LogP contribution in [0.25, 0.3) is 5.69 Å². The molecule has 1 amide bonds. The number of rotatable bonds is 4. The van der Waals surface area contributed by atoms with Gasteiger partial charge >= 0.3 is 5.97 Å². The van der Waals surface area contributed by atoms with Crippen molar-refractivity contribution in [3.63, 3.8) is 0 Å². The highest BCUT2D eigenvalue weighted by molar-refractivity contribution is 5.90. The van der Waals surface area contributed by atoms with Gasteiger partial charge < -0.3 is 9.64 Å². The minimum Gasteiger partial charge on any atom is -0.448 e. The molecule has 1 atom stereocenters. The third-order valence-electron chi connectivity index (χ3n) is 4.76. The maximum atomic E-state index is 12.7. The first-order chi connectivity index (χ1) is 13.6. The van der Waals surface area contributed by atoms with Crippen molar-refractivity contribution in [2.45, 2.75) is 26.0 Å². The van der Waals surface area contributed by atoms with Crippen LogP contribution in [0.3, 0.4) is 0 Å². The Balaban J connectivity index is 1.40. The van der Waals surface area contributed by atoms with E-state index < -0.39 is 12.1 Å². The fraction of sp³-hybridized carbons (Fsp3) is 0.238. The first-order valence-corrected chi connectivity index (χ1v) is 9.16. The highest BCUT2D eigenvalue weighted by Gasteiger charge is 2.28. The highest BCUT2D eigenvalue weighted by Crippen LogP contribution is 2.19. The molecule has 0 aliphatic carbocycles. The number of ether oxygens (including phenoxy) is 1. The molecule has 1 aromatic heterocycles. The molecule has 0 fully saturated rings. The van der Waals surface area contributed by atoms with Gasteiger partial charge in [0.15, 0.2) is 11.8 Å². The Morgan fingerprint density at radius 2 is 1.75 bits per heavy atom. The van der Waals surface area contributed by atoms with E-state index in [0.29, 0.717) is 13.1 Å². The summed E-state index contributed by atoms with van der Waals surface area (Å²) < 4.78 is 5.34. The van der Waals surface area contributed by atoms with Crippen LogP contribution in [0.1, 0.15) is 28.5 Å². The molecule has 3 aromatic rings. The number of carbonyl (C=O) groups excluding carboxylic acids is 2. The van der Waals surface area contributed by atoms with Crippen LogP contribution in [0.4, 0.5) is 0 Å². The maximum Gasteiger partial charge on any atom is 0.361 e. The fourth-order valence-electron chi connectivity index (χ4n) is 3.25. The normalized spacial score (nSPS) is 14.2. The second-order valence-electron chi connectivity index (χ2n) is 6.68. The molecule has 1 aliphatic heterocycles. The minimum atomic E-state index is -0.889. The number of para-hydroxylation sites is 1. The predicted octanol–water partition coefficient (Wildman–Crippen LogP) is 2.40. The summed E-state index contributed by atoms with van der Waals surface area (Å²) in [5.74, 6) is -0.876. The van der Waals surface area contributed by atoms with Crippen molar-refractivity contribution in [3.05, 3.63) is 77.6 Å². The van der Waals surface area contributed by atoms with Crippen molar-refractivity contribution < 1.29 is 14.3 Å². The Bertz CT molecular complexity index is 1000. The van der Waals surface area contributed by atoms with Gasteiger partial charge in [-0.2, -0.15) is 9.90 Å². The number of aromatic nitrogens is 3. The fourth-order valence-corrected chi connectivity index (χ4v) is 3.25. The summed E-state index contributed by atoms with van der Waals surface area (Å²) >= 11 is 0. The summed E-state index contributed by atoms with van der Waals surface area (Å²) in [5.41, 5.74) is 3.19. The molecule has 2 heterocycles. The van der Waals surface area contributed by atoms with E-state index in [1.807, 2.05) is 48.5 Å². The van der Waals surface area contributed by atoms with E-state index in [-0.39, 0.29) is 11.6 Å². The molecule has 0 saturated carbocycles. The molecule has 0 N–H and O–H groups in total. The molecule has 0 bridgehead atoms. The summed E-state index contributed by atoms with van der Waals surface area (Å²) in [6.45, 7) is 2.73. The molecular formula is C21H20N4O3. The van der Waals surface area contributed by atoms with Gasteiger partial charge in [-0.1, -0.05) is 42.5 Å². The van der Waals surface area contributed by atoms with Crippen LogP contribution in [0.5, 0.6) is 0 Å². The number of hydrogen-bond donors (Lipinski definition) is 0. The van der Waals surface area contributed by atoms with Gasteiger partial charge in [-0.05, 0) is 36.6 Å². The average molecular weight is 376 g/mol. The molecule has 1 unspecified atom stereocenters. The molecule has 0 spiro atoms. The Labute approximate surface area is 162 Å². The van der Waals surface area contributed by atoms with Crippen LogP contribution < -0.4 is 0 Å². The molecule has 0 saturated heterocycles. The SMILES string of the molecule is CC(OC(=O)c1cnn(-c2ccccc2)n1)C(=O)N1CCc2ccccc2C1. The van der Waals surface area contributed by atoms with E-state index in [2.05, 4.69) is 16.3 Å². The number of benzene rings is 2. The van der Waals surface area contributed by atoms with Gasteiger partial charge in [0, 0.05) is 13.1 Å². The third kappa shape index (κ3) is 3.64. The minimum absolute atomic E-state index is 0.0625. The van der Waals surface area contributed by atoms with Gasteiger partial charge in [-0.3, -0.25) is 4.79 Å². The van der Waals surface area contributed by atoms with Gasteiger partial charge in [0.1, 0.15) is 0 Å². The molecule has 1 aliphatic rings. The number of esters is 1. The molecule has 0 radical (unpaired) electrons. The van der Waals surface area contributed by atoms with Crippen molar-refractivity contribution >= 4 is 11.9 Å². The number of fused-ring (bicyclic) bond motifs is 1. The second-order valence-corrected chi connectivity index (χ2v) is 6.68. The van der Waals surface area contributed by atoms with Crippen LogP contribution in [0, 0.1) is 0 Å². The smallest absolute Gasteiger partial charge is 0.361 e. The van der Waals surface area contributed by atoms with Gasteiger partial charge in [0.05, 0.1) is 11.9 Å². The predicted molar refractivity (Wildman–Crippen MR) is 102 cm³/mol. The molecule has 2 aromatic carbocycles. The highest BCUT2D eigenvalue weighted by atomic mass is 16.5. The average Bonchev–Trinajstić information content (AvgIpc) is 3.24. The third-order valence-corrected chi connectivity index (χ3v) is 4.76. The van der Waals surface area contributed by atoms with Crippen LogP contribution >= 0.6 is 0 Å². The second kappa shape index (κ2) is 7.64. The van der Waals surface area contributed by atoms with Gasteiger partial charge in [0.2, 0.25) is 0 Å². The molecule has 7 heteroatoms. The van der Waals surface area contributed by atoms with Crippen molar-refractivity contribution in [3.8, 4) is 5.69 Å². The molecule has 7 nitrogen and oxygen atoms in total. The summed E-state index contributed by atoms with van der Waals surface area (Å²) in [5, 5.41) is 8.23. The Morgan fingerprint density at radius 1 is 1.04 bits per heavy atom. The number of amides is 1. The van der Waals surface area contributed by atoms with E-state index in [1.54, 1.807) is 11.8 Å². The lowest BCUT2D eigenvalue weighted by molar-refractivity contribution is -0.140. The molecule has 4 rings (SSSR count). The summed E-state index contributed by atoms with van der Waals surface area (Å²) in [4.78, 5) is 28.2. The summed E-state index contributed by atoms with van der Waals surface area (Å²) in [6.07, 6.45) is 1.25. The zero-order valence-corrected chi connectivity index (χ0v) is 15.5. The topological polar surface area (TPSA) is 77.3 Å². The maximum absolute atomic E-state index is 12.7. The molecule has 28 heavy (non-hydrogen) atoms. The van der Waals surface area contributed by atoms with Crippen molar-refractivity contribution in [1.29, 1.82) is 0 Å². The lowest BCUT2D eigenvalue weighted by Crippen LogP contribution is -2.42. The zero-order chi connectivity index (χ0) is 19.5. The Hall–Kier alpha value is -3.48. The molecule has 142 valence electrons. The van der Waals surface area contributed by atoms with Crippen LogP contribution in [0.15, 0.2) is 60.8 Å². The van der Waals surface area contributed by atoms with Crippen molar-refractivity contribution in [1.82, 2.24) is 19.9 Å². The number of carbonyl (C=O) groups is 2. The van der Waals surface area contributed by atoms with Crippen LogP contribution in [-0.2, 0) is 22.5 Å². The lowest BCUT2D eigenvalue weighted by Gasteiger charge is -2.30. The Morgan fingerprint density at radius 3 is 2.54 bits per heavy atom. The van der Waals surface area contributed by atoms with Crippen molar-refractivity contribution in [2.75, 3.05) is 6.54 Å². The van der Waals surface area contributed by atoms with E-state index in [1.165, 1.54) is 16.6 Å². The monoisotopic (exact) mass is 376 g/mol. The van der Waals surface area contributed by atoms with Gasteiger partial charge in [-0.15, -0.1) is 5.10 Å². The van der Waals surface area contributed by atoms with Crippen molar-refractivity contribution in [2.24, 2.45) is 0 Å². The van der Waals surface area contributed by atoms with Crippen LogP contribution in [-0.4, -0.2) is 44.4 Å². The molecular weight excluding hydrogens is 356 g/mol. The number of hydrogen-bond acceptors (Lipinski definition) is 5. The Kier molecular flexibility index (Phi) is 4.89. The van der Waals surface area contributed by atoms with E-state index in [9.17, 15) is 9.59 Å². The zero-order valence-electron chi connectivity index (χ0n) is 15.5. The van der Waals surface area contributed by atoms with E-state index in [0.717, 1.165) is 17.7 Å². The first-order valence-electron chi connectivity index (χ1n) is 9.16. The standard InChI is InChI=1S/C21H20N4O3/c1-15(20(26)24-12-11-16-7-5-6-8-17(16)14-24)28-21(27)19-13-22-25(23-19)18-9-3-2-4-10-18/h2-10,13,15H,11-12,14H2,1H3. The van der Waals surface area contributed by atoms with Gasteiger partial charge in [0.25, 0.3) is 5.91 Å². The van der Waals surface area contributed by atoms with Gasteiger partial charge in [-0.25, -0.2) is 4.79 Å². The largest absolute Gasteiger partial charge is 0.448 e. The first kappa shape index (κ1) is 17.9. The van der Waals surface area contributed by atoms with E-state index in [4.69, 9.17) is 4.74 Å². The quantitative estimate of drug-likeness (QED) is 0.654. The van der Waals surface area contributed by atoms with E-state index >= 15 is 0 Å². The summed E-state index contributed by atoms with van der Waals surface area (Å²) in [6, 6.07) is 17.3. The summed E-state index contributed by atoms with van der Waals surface area (Å²) in [7, 11) is 0. The lowest BCUT2D eigenvalue weighted by atomic mass is 9.99. The number of nitrogens with zero attached hydrogens (tertiary/aromatic N) is 4.